The Morgan fingerprint density at radius 2 is 1.69 bits per heavy atom. The van der Waals surface area contributed by atoms with Gasteiger partial charge in [-0.15, -0.1) is 0 Å². The lowest BCUT2D eigenvalue weighted by Gasteiger charge is -2.35. The Morgan fingerprint density at radius 3 is 2.52 bits per heavy atom. The summed E-state index contributed by atoms with van der Waals surface area (Å²) in [6.07, 6.45) is 5.86. The molecule has 2 aromatic heterocycles. The molecule has 0 aliphatic carbocycles. The molecule has 0 unspecified atom stereocenters. The van der Waals surface area contributed by atoms with Gasteiger partial charge in [-0.2, -0.15) is 0 Å². The third-order valence-corrected chi connectivity index (χ3v) is 5.26. The van der Waals surface area contributed by atoms with E-state index < -0.39 is 0 Å². The smallest absolute Gasteiger partial charge is 0.231 e. The summed E-state index contributed by atoms with van der Waals surface area (Å²) in [5, 5.41) is 0. The fraction of sp³-hybridized carbons (Fsp3) is 0.286. The van der Waals surface area contributed by atoms with Crippen molar-refractivity contribution >= 4 is 11.7 Å². The van der Waals surface area contributed by atoms with Crippen LogP contribution in [0, 0.1) is 0 Å². The summed E-state index contributed by atoms with van der Waals surface area (Å²) in [7, 11) is 0. The molecule has 4 heterocycles. The topological polar surface area (TPSA) is 72.7 Å². The summed E-state index contributed by atoms with van der Waals surface area (Å²) in [6.45, 7) is 3.08. The summed E-state index contributed by atoms with van der Waals surface area (Å²) >= 11 is 0. The Labute approximate surface area is 168 Å². The summed E-state index contributed by atoms with van der Waals surface area (Å²) in [4.78, 5) is 25.6. The molecular formula is C21H21N5O3. The first-order valence-electron chi connectivity index (χ1n) is 9.63. The minimum atomic E-state index is 0.124. The number of carbonyl (C=O) groups excluding carboxylic acids is 1. The first-order valence-corrected chi connectivity index (χ1v) is 9.63. The molecule has 0 radical (unpaired) electrons. The molecule has 1 saturated heterocycles. The van der Waals surface area contributed by atoms with Crippen LogP contribution in [0.4, 0.5) is 5.82 Å². The highest BCUT2D eigenvalue weighted by Gasteiger charge is 2.23. The van der Waals surface area contributed by atoms with Gasteiger partial charge in [0.05, 0.1) is 6.42 Å². The first-order chi connectivity index (χ1) is 14.3. The number of hydrogen-bond donors (Lipinski definition) is 0. The molecule has 8 heteroatoms. The van der Waals surface area contributed by atoms with Crippen molar-refractivity contribution in [2.75, 3.05) is 37.9 Å². The highest BCUT2D eigenvalue weighted by molar-refractivity contribution is 5.79. The number of fused-ring (bicyclic) bond motifs is 1. The van der Waals surface area contributed by atoms with Gasteiger partial charge in [0.1, 0.15) is 18.0 Å². The molecule has 1 amide bonds. The van der Waals surface area contributed by atoms with E-state index in [1.54, 1.807) is 6.33 Å². The van der Waals surface area contributed by atoms with Crippen LogP contribution < -0.4 is 14.4 Å². The van der Waals surface area contributed by atoms with E-state index in [2.05, 4.69) is 14.9 Å². The van der Waals surface area contributed by atoms with Gasteiger partial charge in [0, 0.05) is 44.6 Å². The van der Waals surface area contributed by atoms with Crippen LogP contribution in [-0.2, 0) is 11.2 Å². The van der Waals surface area contributed by atoms with Gasteiger partial charge in [-0.25, -0.2) is 9.97 Å². The zero-order valence-corrected chi connectivity index (χ0v) is 15.9. The van der Waals surface area contributed by atoms with Crippen LogP contribution in [0.2, 0.25) is 0 Å². The van der Waals surface area contributed by atoms with E-state index in [0.717, 1.165) is 36.0 Å². The number of benzene rings is 1. The average Bonchev–Trinajstić information content (AvgIpc) is 3.46. The van der Waals surface area contributed by atoms with Crippen molar-refractivity contribution < 1.29 is 14.3 Å². The van der Waals surface area contributed by atoms with E-state index >= 15 is 0 Å². The van der Waals surface area contributed by atoms with Crippen LogP contribution in [-0.4, -0.2) is 58.3 Å². The van der Waals surface area contributed by atoms with Crippen LogP contribution in [0.25, 0.3) is 5.82 Å². The van der Waals surface area contributed by atoms with Crippen molar-refractivity contribution in [3.63, 3.8) is 0 Å². The molecular weight excluding hydrogens is 370 g/mol. The summed E-state index contributed by atoms with van der Waals surface area (Å²) in [6, 6.07) is 11.6. The fourth-order valence-electron chi connectivity index (χ4n) is 3.66. The Morgan fingerprint density at radius 1 is 0.931 bits per heavy atom. The van der Waals surface area contributed by atoms with Crippen LogP contribution in [0.15, 0.2) is 55.1 Å². The molecule has 0 atom stereocenters. The zero-order chi connectivity index (χ0) is 19.6. The second-order valence-corrected chi connectivity index (χ2v) is 7.06. The molecule has 2 aliphatic heterocycles. The molecule has 2 aliphatic rings. The van der Waals surface area contributed by atoms with Crippen LogP contribution in [0.3, 0.4) is 0 Å². The molecule has 5 rings (SSSR count). The minimum absolute atomic E-state index is 0.124. The monoisotopic (exact) mass is 391 g/mol. The van der Waals surface area contributed by atoms with Crippen molar-refractivity contribution in [2.45, 2.75) is 6.42 Å². The first kappa shape index (κ1) is 17.5. The zero-order valence-electron chi connectivity index (χ0n) is 15.9. The van der Waals surface area contributed by atoms with Gasteiger partial charge in [-0.05, 0) is 29.8 Å². The van der Waals surface area contributed by atoms with Crippen molar-refractivity contribution in [3.8, 4) is 17.3 Å². The van der Waals surface area contributed by atoms with Gasteiger partial charge < -0.3 is 23.8 Å². The van der Waals surface area contributed by atoms with E-state index in [-0.39, 0.29) is 12.7 Å². The third-order valence-electron chi connectivity index (χ3n) is 5.26. The summed E-state index contributed by atoms with van der Waals surface area (Å²) in [5.74, 6) is 3.29. The predicted molar refractivity (Wildman–Crippen MR) is 106 cm³/mol. The fourth-order valence-corrected chi connectivity index (χ4v) is 3.66. The molecule has 0 N–H and O–H groups in total. The Kier molecular flexibility index (Phi) is 4.51. The molecule has 148 valence electrons. The van der Waals surface area contributed by atoms with Crippen molar-refractivity contribution in [3.05, 3.63) is 60.7 Å². The number of ether oxygens (including phenoxy) is 2. The minimum Gasteiger partial charge on any atom is -0.454 e. The molecule has 1 fully saturated rings. The molecule has 0 spiro atoms. The maximum absolute atomic E-state index is 12.7. The Hall–Kier alpha value is -3.55. The van der Waals surface area contributed by atoms with Gasteiger partial charge in [-0.3, -0.25) is 4.79 Å². The Bertz CT molecular complexity index is 1010. The van der Waals surface area contributed by atoms with E-state index in [9.17, 15) is 4.79 Å². The number of carbonyl (C=O) groups is 1. The third kappa shape index (κ3) is 3.61. The summed E-state index contributed by atoms with van der Waals surface area (Å²) < 4.78 is 12.7. The number of anilines is 1. The van der Waals surface area contributed by atoms with E-state index in [1.165, 1.54) is 0 Å². The number of piperazine rings is 1. The average molecular weight is 391 g/mol. The molecule has 1 aromatic carbocycles. The largest absolute Gasteiger partial charge is 0.454 e. The van der Waals surface area contributed by atoms with Crippen molar-refractivity contribution in [1.29, 1.82) is 0 Å². The number of rotatable bonds is 4. The highest BCUT2D eigenvalue weighted by Crippen LogP contribution is 2.32. The number of nitrogens with zero attached hydrogens (tertiary/aromatic N) is 5. The predicted octanol–water partition coefficient (Wildman–Crippen LogP) is 1.89. The summed E-state index contributed by atoms with van der Waals surface area (Å²) in [5.41, 5.74) is 0.939. The lowest BCUT2D eigenvalue weighted by Crippen LogP contribution is -2.49. The lowest BCUT2D eigenvalue weighted by atomic mass is 10.1. The number of hydrogen-bond acceptors (Lipinski definition) is 6. The second-order valence-electron chi connectivity index (χ2n) is 7.06. The lowest BCUT2D eigenvalue weighted by molar-refractivity contribution is -0.130. The maximum Gasteiger partial charge on any atom is 0.231 e. The van der Waals surface area contributed by atoms with E-state index in [0.29, 0.717) is 25.3 Å². The van der Waals surface area contributed by atoms with Crippen molar-refractivity contribution in [1.82, 2.24) is 19.4 Å². The van der Waals surface area contributed by atoms with Crippen LogP contribution in [0.5, 0.6) is 11.5 Å². The molecule has 8 nitrogen and oxygen atoms in total. The molecule has 0 bridgehead atoms. The van der Waals surface area contributed by atoms with Gasteiger partial charge in [0.25, 0.3) is 0 Å². The molecule has 29 heavy (non-hydrogen) atoms. The second kappa shape index (κ2) is 7.46. The standard InChI is InChI=1S/C21H21N5O3/c27-21(12-16-3-4-17-18(11-16)29-15-28-17)26-9-7-25(8-10-26)20-13-19(22-14-23-20)24-5-1-2-6-24/h1-6,11,13-14H,7-10,12,15H2. The van der Waals surface area contributed by atoms with Crippen LogP contribution in [0.1, 0.15) is 5.56 Å². The van der Waals surface area contributed by atoms with Crippen molar-refractivity contribution in [2.24, 2.45) is 0 Å². The van der Waals surface area contributed by atoms with Gasteiger partial charge >= 0.3 is 0 Å². The van der Waals surface area contributed by atoms with Gasteiger partial charge in [0.15, 0.2) is 11.5 Å². The number of aromatic nitrogens is 3. The van der Waals surface area contributed by atoms with E-state index in [4.69, 9.17) is 9.47 Å². The molecule has 3 aromatic rings. The Balaban J connectivity index is 1.20. The highest BCUT2D eigenvalue weighted by atomic mass is 16.7. The van der Waals surface area contributed by atoms with Gasteiger partial charge in [-0.1, -0.05) is 6.07 Å². The van der Waals surface area contributed by atoms with Gasteiger partial charge in [0.2, 0.25) is 12.7 Å². The quantitative estimate of drug-likeness (QED) is 0.676. The normalized spacial score (nSPS) is 15.6. The number of amides is 1. The SMILES string of the molecule is O=C(Cc1ccc2c(c1)OCO2)N1CCN(c2cc(-n3cccc3)ncn2)CC1. The van der Waals surface area contributed by atoms with Crippen LogP contribution >= 0.6 is 0 Å². The molecule has 0 saturated carbocycles. The van der Waals surface area contributed by atoms with E-state index in [1.807, 2.05) is 58.3 Å². The maximum atomic E-state index is 12.7.